The molecule has 0 aliphatic rings. The summed E-state index contributed by atoms with van der Waals surface area (Å²) in [6, 6.07) is 7.16. The van der Waals surface area contributed by atoms with Crippen LogP contribution in [0.3, 0.4) is 0 Å². The molecule has 0 saturated carbocycles. The number of aliphatic carboxylic acids is 1. The zero-order valence-electron chi connectivity index (χ0n) is 11.3. The highest BCUT2D eigenvalue weighted by Gasteiger charge is 2.15. The third-order valence-electron chi connectivity index (χ3n) is 2.97. The van der Waals surface area contributed by atoms with Crippen molar-refractivity contribution in [2.24, 2.45) is 5.92 Å². The van der Waals surface area contributed by atoms with E-state index in [9.17, 15) is 9.59 Å². The number of urea groups is 1. The maximum absolute atomic E-state index is 11.6. The van der Waals surface area contributed by atoms with E-state index in [1.165, 1.54) is 5.56 Å². The molecular formula is C14H20N2O3. The molecule has 0 bridgehead atoms. The van der Waals surface area contributed by atoms with Gasteiger partial charge in [0.25, 0.3) is 0 Å². The quantitative estimate of drug-likeness (QED) is 0.738. The number of amides is 2. The Morgan fingerprint density at radius 3 is 2.32 bits per heavy atom. The van der Waals surface area contributed by atoms with Crippen LogP contribution in [0.25, 0.3) is 0 Å². The Hall–Kier alpha value is -2.04. The topological polar surface area (TPSA) is 78.4 Å². The molecule has 3 N–H and O–H groups in total. The van der Waals surface area contributed by atoms with Gasteiger partial charge in [0, 0.05) is 12.2 Å². The molecule has 1 aromatic carbocycles. The smallest absolute Gasteiger partial charge is 0.319 e. The van der Waals surface area contributed by atoms with Gasteiger partial charge in [0.05, 0.1) is 5.92 Å². The zero-order chi connectivity index (χ0) is 14.3. The third kappa shape index (κ3) is 4.99. The number of anilines is 1. The van der Waals surface area contributed by atoms with Crippen molar-refractivity contribution in [3.8, 4) is 0 Å². The van der Waals surface area contributed by atoms with Crippen molar-refractivity contribution < 1.29 is 14.7 Å². The van der Waals surface area contributed by atoms with Crippen LogP contribution in [0.15, 0.2) is 24.3 Å². The molecule has 0 aliphatic carbocycles. The van der Waals surface area contributed by atoms with Crippen molar-refractivity contribution in [1.29, 1.82) is 0 Å². The van der Waals surface area contributed by atoms with Crippen molar-refractivity contribution in [3.63, 3.8) is 0 Å². The van der Waals surface area contributed by atoms with Crippen LogP contribution in [-0.4, -0.2) is 23.7 Å². The second kappa shape index (κ2) is 7.41. The van der Waals surface area contributed by atoms with Crippen LogP contribution >= 0.6 is 0 Å². The summed E-state index contributed by atoms with van der Waals surface area (Å²) in [7, 11) is 0. The Balaban J connectivity index is 2.44. The highest BCUT2D eigenvalue weighted by molar-refractivity contribution is 5.89. The fraction of sp³-hybridized carbons (Fsp3) is 0.429. The van der Waals surface area contributed by atoms with Crippen molar-refractivity contribution in [3.05, 3.63) is 29.8 Å². The maximum atomic E-state index is 11.6. The van der Waals surface area contributed by atoms with Gasteiger partial charge in [0.2, 0.25) is 0 Å². The standard InChI is InChI=1S/C14H20N2O3/c1-3-10-5-7-12(8-6-10)16-14(19)15-9-11(4-2)13(17)18/h5-8,11H,3-4,9H2,1-2H3,(H,17,18)(H2,15,16,19). The molecule has 1 rings (SSSR count). The largest absolute Gasteiger partial charge is 0.481 e. The lowest BCUT2D eigenvalue weighted by molar-refractivity contribution is -0.141. The number of benzene rings is 1. The summed E-state index contributed by atoms with van der Waals surface area (Å²) in [6.07, 6.45) is 1.43. The van der Waals surface area contributed by atoms with E-state index in [4.69, 9.17) is 5.11 Å². The minimum Gasteiger partial charge on any atom is -0.481 e. The molecule has 0 aromatic heterocycles. The first-order valence-corrected chi connectivity index (χ1v) is 6.43. The molecule has 0 radical (unpaired) electrons. The van der Waals surface area contributed by atoms with Crippen LogP contribution in [0, 0.1) is 5.92 Å². The van der Waals surface area contributed by atoms with E-state index in [0.29, 0.717) is 12.1 Å². The monoisotopic (exact) mass is 264 g/mol. The van der Waals surface area contributed by atoms with Crippen molar-refractivity contribution in [2.45, 2.75) is 26.7 Å². The first kappa shape index (κ1) is 15.0. The van der Waals surface area contributed by atoms with E-state index in [2.05, 4.69) is 17.6 Å². The maximum Gasteiger partial charge on any atom is 0.319 e. The fourth-order valence-corrected chi connectivity index (χ4v) is 1.62. The number of hydrogen-bond acceptors (Lipinski definition) is 2. The number of rotatable bonds is 6. The fourth-order valence-electron chi connectivity index (χ4n) is 1.62. The van der Waals surface area contributed by atoms with Gasteiger partial charge in [-0.25, -0.2) is 4.79 Å². The minimum absolute atomic E-state index is 0.130. The van der Waals surface area contributed by atoms with Crippen LogP contribution in [0.4, 0.5) is 10.5 Å². The second-order valence-electron chi connectivity index (χ2n) is 4.33. The van der Waals surface area contributed by atoms with Gasteiger partial charge in [-0.2, -0.15) is 0 Å². The molecule has 0 spiro atoms. The molecule has 104 valence electrons. The lowest BCUT2D eigenvalue weighted by atomic mass is 10.1. The van der Waals surface area contributed by atoms with E-state index < -0.39 is 11.9 Å². The number of aryl methyl sites for hydroxylation is 1. The van der Waals surface area contributed by atoms with Gasteiger partial charge in [-0.3, -0.25) is 4.79 Å². The van der Waals surface area contributed by atoms with E-state index in [1.807, 2.05) is 24.3 Å². The Bertz CT molecular complexity index is 429. The van der Waals surface area contributed by atoms with Crippen molar-refractivity contribution in [1.82, 2.24) is 5.32 Å². The second-order valence-corrected chi connectivity index (χ2v) is 4.33. The molecular weight excluding hydrogens is 244 g/mol. The molecule has 0 aliphatic heterocycles. The number of carbonyl (C=O) groups is 2. The molecule has 1 atom stereocenters. The molecule has 1 aromatic rings. The van der Waals surface area contributed by atoms with E-state index in [-0.39, 0.29) is 12.6 Å². The van der Waals surface area contributed by atoms with Gasteiger partial charge in [-0.1, -0.05) is 26.0 Å². The van der Waals surface area contributed by atoms with Gasteiger partial charge in [-0.05, 0) is 30.5 Å². The predicted octanol–water partition coefficient (Wildman–Crippen LogP) is 2.48. The zero-order valence-corrected chi connectivity index (χ0v) is 11.3. The van der Waals surface area contributed by atoms with Crippen LogP contribution in [0.2, 0.25) is 0 Å². The molecule has 2 amide bonds. The van der Waals surface area contributed by atoms with Gasteiger partial charge >= 0.3 is 12.0 Å². The molecule has 5 heteroatoms. The van der Waals surface area contributed by atoms with Crippen LogP contribution in [-0.2, 0) is 11.2 Å². The van der Waals surface area contributed by atoms with Gasteiger partial charge in [0.15, 0.2) is 0 Å². The highest BCUT2D eigenvalue weighted by Crippen LogP contribution is 2.09. The average molecular weight is 264 g/mol. The SMILES string of the molecule is CCc1ccc(NC(=O)NCC(CC)C(=O)O)cc1. The number of hydrogen-bond donors (Lipinski definition) is 3. The number of carboxylic acid groups (broad SMARTS) is 1. The molecule has 19 heavy (non-hydrogen) atoms. The Labute approximate surface area is 113 Å². The first-order valence-electron chi connectivity index (χ1n) is 6.43. The van der Waals surface area contributed by atoms with Gasteiger partial charge in [-0.15, -0.1) is 0 Å². The van der Waals surface area contributed by atoms with Gasteiger partial charge in [0.1, 0.15) is 0 Å². The van der Waals surface area contributed by atoms with Crippen molar-refractivity contribution in [2.75, 3.05) is 11.9 Å². The number of nitrogens with one attached hydrogen (secondary N) is 2. The summed E-state index contributed by atoms with van der Waals surface area (Å²) in [4.78, 5) is 22.4. The number of carbonyl (C=O) groups excluding carboxylic acids is 1. The summed E-state index contributed by atoms with van der Waals surface area (Å²) in [5.74, 6) is -1.44. The van der Waals surface area contributed by atoms with Crippen LogP contribution in [0.1, 0.15) is 25.8 Å². The molecule has 5 nitrogen and oxygen atoms in total. The molecule has 0 fully saturated rings. The Morgan fingerprint density at radius 2 is 1.84 bits per heavy atom. The predicted molar refractivity (Wildman–Crippen MR) is 74.3 cm³/mol. The summed E-state index contributed by atoms with van der Waals surface area (Å²) in [5, 5.41) is 14.1. The summed E-state index contributed by atoms with van der Waals surface area (Å²) >= 11 is 0. The number of carboxylic acids is 1. The lowest BCUT2D eigenvalue weighted by Crippen LogP contribution is -2.35. The molecule has 0 saturated heterocycles. The highest BCUT2D eigenvalue weighted by atomic mass is 16.4. The summed E-state index contributed by atoms with van der Waals surface area (Å²) in [6.45, 7) is 3.97. The van der Waals surface area contributed by atoms with Crippen LogP contribution < -0.4 is 10.6 Å². The molecule has 1 unspecified atom stereocenters. The normalized spacial score (nSPS) is 11.7. The third-order valence-corrected chi connectivity index (χ3v) is 2.97. The summed E-state index contributed by atoms with van der Waals surface area (Å²) in [5.41, 5.74) is 1.89. The van der Waals surface area contributed by atoms with E-state index >= 15 is 0 Å². The van der Waals surface area contributed by atoms with E-state index in [0.717, 1.165) is 6.42 Å². The van der Waals surface area contributed by atoms with Crippen LogP contribution in [0.5, 0.6) is 0 Å². The lowest BCUT2D eigenvalue weighted by Gasteiger charge is -2.12. The van der Waals surface area contributed by atoms with Gasteiger partial charge < -0.3 is 15.7 Å². The summed E-state index contributed by atoms with van der Waals surface area (Å²) < 4.78 is 0. The Kier molecular flexibility index (Phi) is 5.85. The molecule has 0 heterocycles. The minimum atomic E-state index is -0.893. The Morgan fingerprint density at radius 1 is 1.21 bits per heavy atom. The first-order chi connectivity index (χ1) is 9.06. The average Bonchev–Trinajstić information content (AvgIpc) is 2.40. The van der Waals surface area contributed by atoms with Crippen molar-refractivity contribution >= 4 is 17.7 Å². The van der Waals surface area contributed by atoms with E-state index in [1.54, 1.807) is 6.92 Å².